The molecule has 1 N–H and O–H groups in total. The molecule has 0 aliphatic rings. The van der Waals surface area contributed by atoms with Crippen LogP contribution < -0.4 is 10.1 Å². The third-order valence-electron chi connectivity index (χ3n) is 4.42. The van der Waals surface area contributed by atoms with Crippen molar-refractivity contribution in [3.8, 4) is 5.75 Å². The molecule has 2 rings (SSSR count). The van der Waals surface area contributed by atoms with E-state index in [1.54, 1.807) is 7.11 Å². The summed E-state index contributed by atoms with van der Waals surface area (Å²) in [5, 5.41) is 4.23. The highest BCUT2D eigenvalue weighted by Crippen LogP contribution is 2.20. The molecule has 0 aromatic heterocycles. The van der Waals surface area contributed by atoms with E-state index in [1.807, 2.05) is 48.5 Å². The molecule has 2 atom stereocenters. The van der Waals surface area contributed by atoms with Gasteiger partial charge in [0, 0.05) is 24.7 Å². The predicted molar refractivity (Wildman–Crippen MR) is 118 cm³/mol. The molecule has 0 fully saturated rings. The van der Waals surface area contributed by atoms with E-state index in [1.165, 1.54) is 12.7 Å². The maximum atomic E-state index is 11.1. The number of hydrogen-bond acceptors (Lipinski definition) is 5. The van der Waals surface area contributed by atoms with Crippen LogP contribution in [0.4, 0.5) is 0 Å². The Kier molecular flexibility index (Phi) is 11.7. The number of carbonyl (C=O) groups excluding carboxylic acids is 1. The summed E-state index contributed by atoms with van der Waals surface area (Å²) in [7, 11) is 3.08. The van der Waals surface area contributed by atoms with Gasteiger partial charge in [-0.25, -0.2) is 0 Å². The highest BCUT2D eigenvalue weighted by Gasteiger charge is 2.13. The summed E-state index contributed by atoms with van der Waals surface area (Å²) in [6.07, 6.45) is 1.08. The monoisotopic (exact) mass is 441 g/mol. The van der Waals surface area contributed by atoms with Crippen molar-refractivity contribution in [1.29, 1.82) is 0 Å². The van der Waals surface area contributed by atoms with Crippen molar-refractivity contribution in [2.75, 3.05) is 27.4 Å². The first-order valence-corrected chi connectivity index (χ1v) is 9.69. The van der Waals surface area contributed by atoms with Gasteiger partial charge in [0.1, 0.15) is 5.75 Å². The Labute approximate surface area is 184 Å². The average Bonchev–Trinajstić information content (AvgIpc) is 2.69. The molecule has 5 nitrogen and oxygen atoms in total. The maximum absolute atomic E-state index is 11.1. The van der Waals surface area contributed by atoms with Crippen LogP contribution in [-0.2, 0) is 20.7 Å². The first kappa shape index (κ1) is 25.2. The Morgan fingerprint density at radius 1 is 1.14 bits per heavy atom. The zero-order valence-electron chi connectivity index (χ0n) is 17.0. The van der Waals surface area contributed by atoms with Gasteiger partial charge in [-0.1, -0.05) is 35.9 Å². The standard InChI is InChI=1S/C22H28ClNO4.ClH/c1-16(24-15-21(26-2)18-5-4-6-19(23)14-18)13-17-7-9-20(10-8-17)28-12-11-22(25)27-3;/h4-10,14,16,21,24H,11-13,15H2,1-3H3;1H. The zero-order valence-corrected chi connectivity index (χ0v) is 18.6. The molecule has 0 spiro atoms. The van der Waals surface area contributed by atoms with Crippen LogP contribution in [0.3, 0.4) is 0 Å². The summed E-state index contributed by atoms with van der Waals surface area (Å²) in [6.45, 7) is 3.16. The predicted octanol–water partition coefficient (Wildman–Crippen LogP) is 4.61. The van der Waals surface area contributed by atoms with Crippen LogP contribution in [0.15, 0.2) is 48.5 Å². The first-order chi connectivity index (χ1) is 13.5. The molecule has 7 heteroatoms. The lowest BCUT2D eigenvalue weighted by Crippen LogP contribution is -2.32. The molecular weight excluding hydrogens is 413 g/mol. The van der Waals surface area contributed by atoms with Crippen LogP contribution in [0, 0.1) is 0 Å². The summed E-state index contributed by atoms with van der Waals surface area (Å²) in [5.41, 5.74) is 2.26. The van der Waals surface area contributed by atoms with Crippen molar-refractivity contribution in [1.82, 2.24) is 5.32 Å². The van der Waals surface area contributed by atoms with Gasteiger partial charge in [0.2, 0.25) is 0 Å². The molecule has 2 aromatic rings. The molecule has 0 saturated carbocycles. The van der Waals surface area contributed by atoms with Crippen molar-refractivity contribution in [3.63, 3.8) is 0 Å². The second kappa shape index (κ2) is 13.4. The van der Waals surface area contributed by atoms with Gasteiger partial charge < -0.3 is 19.5 Å². The van der Waals surface area contributed by atoms with Crippen LogP contribution >= 0.6 is 24.0 Å². The summed E-state index contributed by atoms with van der Waals surface area (Å²) < 4.78 is 15.7. The number of carbonyl (C=O) groups is 1. The number of nitrogens with one attached hydrogen (secondary N) is 1. The fourth-order valence-corrected chi connectivity index (χ4v) is 3.05. The summed E-state index contributed by atoms with van der Waals surface area (Å²) in [6, 6.07) is 15.9. The van der Waals surface area contributed by atoms with Crippen molar-refractivity contribution in [2.45, 2.75) is 31.9 Å². The van der Waals surface area contributed by atoms with E-state index in [4.69, 9.17) is 21.1 Å². The van der Waals surface area contributed by atoms with Crippen LogP contribution in [0.5, 0.6) is 5.75 Å². The molecule has 0 amide bonds. The smallest absolute Gasteiger partial charge is 0.308 e. The molecule has 29 heavy (non-hydrogen) atoms. The molecule has 0 radical (unpaired) electrons. The van der Waals surface area contributed by atoms with Crippen molar-refractivity contribution < 1.29 is 19.0 Å². The average molecular weight is 442 g/mol. The van der Waals surface area contributed by atoms with Gasteiger partial charge in [0.25, 0.3) is 0 Å². The van der Waals surface area contributed by atoms with Crippen LogP contribution in [0.2, 0.25) is 5.02 Å². The van der Waals surface area contributed by atoms with Gasteiger partial charge in [-0.2, -0.15) is 0 Å². The zero-order chi connectivity index (χ0) is 20.4. The van der Waals surface area contributed by atoms with E-state index in [0.717, 1.165) is 17.7 Å². The molecule has 0 bridgehead atoms. The molecule has 0 aliphatic heterocycles. The molecular formula is C22H29Cl2NO4. The highest BCUT2D eigenvalue weighted by molar-refractivity contribution is 6.30. The molecule has 2 unspecified atom stereocenters. The molecule has 160 valence electrons. The third kappa shape index (κ3) is 9.05. The summed E-state index contributed by atoms with van der Waals surface area (Å²) in [4.78, 5) is 11.1. The number of hydrogen-bond donors (Lipinski definition) is 1. The third-order valence-corrected chi connectivity index (χ3v) is 4.66. The van der Waals surface area contributed by atoms with Gasteiger partial charge in [0.15, 0.2) is 0 Å². The molecule has 0 heterocycles. The first-order valence-electron chi connectivity index (χ1n) is 9.32. The minimum atomic E-state index is -0.274. The van der Waals surface area contributed by atoms with Crippen molar-refractivity contribution in [2.24, 2.45) is 0 Å². The van der Waals surface area contributed by atoms with Gasteiger partial charge >= 0.3 is 5.97 Å². The number of benzene rings is 2. The van der Waals surface area contributed by atoms with Gasteiger partial charge in [-0.15, -0.1) is 12.4 Å². The van der Waals surface area contributed by atoms with E-state index in [2.05, 4.69) is 17.0 Å². The molecule has 0 aliphatic carbocycles. The number of rotatable bonds is 11. The number of esters is 1. The minimum absolute atomic E-state index is 0. The minimum Gasteiger partial charge on any atom is -0.493 e. The fraction of sp³-hybridized carbons (Fsp3) is 0.409. The lowest BCUT2D eigenvalue weighted by atomic mass is 10.1. The van der Waals surface area contributed by atoms with Crippen LogP contribution in [-0.4, -0.2) is 39.4 Å². The fourth-order valence-electron chi connectivity index (χ4n) is 2.85. The van der Waals surface area contributed by atoms with Gasteiger partial charge in [-0.3, -0.25) is 4.79 Å². The number of halogens is 2. The SMILES string of the molecule is COC(=O)CCOc1ccc(CC(C)NCC(OC)c2cccc(Cl)c2)cc1.Cl. The largest absolute Gasteiger partial charge is 0.493 e. The normalized spacial score (nSPS) is 12.6. The van der Waals surface area contributed by atoms with E-state index in [9.17, 15) is 4.79 Å². The lowest BCUT2D eigenvalue weighted by molar-refractivity contribution is -0.141. The Morgan fingerprint density at radius 3 is 2.48 bits per heavy atom. The van der Waals surface area contributed by atoms with E-state index in [-0.39, 0.29) is 36.9 Å². The summed E-state index contributed by atoms with van der Waals surface area (Å²) in [5.74, 6) is 0.470. The Balaban J connectivity index is 0.00000420. The second-order valence-corrected chi connectivity index (χ2v) is 7.05. The highest BCUT2D eigenvalue weighted by atomic mass is 35.5. The van der Waals surface area contributed by atoms with E-state index < -0.39 is 0 Å². The van der Waals surface area contributed by atoms with E-state index in [0.29, 0.717) is 18.2 Å². The Morgan fingerprint density at radius 2 is 1.86 bits per heavy atom. The van der Waals surface area contributed by atoms with Gasteiger partial charge in [-0.05, 0) is 48.7 Å². The Bertz CT molecular complexity index is 740. The van der Waals surface area contributed by atoms with Crippen molar-refractivity contribution in [3.05, 3.63) is 64.7 Å². The van der Waals surface area contributed by atoms with E-state index >= 15 is 0 Å². The second-order valence-electron chi connectivity index (χ2n) is 6.61. The lowest BCUT2D eigenvalue weighted by Gasteiger charge is -2.20. The topological polar surface area (TPSA) is 56.8 Å². The quantitative estimate of drug-likeness (QED) is 0.515. The van der Waals surface area contributed by atoms with Crippen LogP contribution in [0.25, 0.3) is 0 Å². The van der Waals surface area contributed by atoms with Gasteiger partial charge in [0.05, 0.1) is 26.2 Å². The maximum Gasteiger partial charge on any atom is 0.308 e. The summed E-state index contributed by atoms with van der Waals surface area (Å²) >= 11 is 6.07. The molecule has 0 saturated heterocycles. The molecule has 2 aromatic carbocycles. The number of methoxy groups -OCH3 is 2. The number of ether oxygens (including phenoxy) is 3. The Hall–Kier alpha value is -1.79. The van der Waals surface area contributed by atoms with Crippen LogP contribution in [0.1, 0.15) is 30.6 Å². The van der Waals surface area contributed by atoms with Crippen molar-refractivity contribution >= 4 is 30.0 Å².